The second-order valence-corrected chi connectivity index (χ2v) is 7.67. The monoisotopic (exact) mass is 443 g/mol. The van der Waals surface area contributed by atoms with Crippen molar-refractivity contribution in [3.05, 3.63) is 87.3 Å². The molecule has 4 rings (SSSR count). The van der Waals surface area contributed by atoms with Gasteiger partial charge < -0.3 is 9.73 Å². The highest BCUT2D eigenvalue weighted by Gasteiger charge is 2.15. The molecule has 3 heterocycles. The van der Waals surface area contributed by atoms with Gasteiger partial charge in [-0.3, -0.25) is 14.2 Å². The molecule has 1 aromatic carbocycles. The summed E-state index contributed by atoms with van der Waals surface area (Å²) >= 11 is 12.4. The molecule has 1 N–H and O–H groups in total. The molecule has 0 aliphatic carbocycles. The summed E-state index contributed by atoms with van der Waals surface area (Å²) in [5, 5.41) is 12.7. The Morgan fingerprint density at radius 1 is 1.13 bits per heavy atom. The fourth-order valence-corrected chi connectivity index (χ4v) is 3.40. The predicted molar refractivity (Wildman–Crippen MR) is 115 cm³/mol. The molecule has 0 saturated carbocycles. The molecule has 0 aliphatic rings. The molecule has 0 radical (unpaired) electrons. The minimum Gasteiger partial charge on any atom is -0.454 e. The first-order valence-corrected chi connectivity index (χ1v) is 10.0. The maximum absolute atomic E-state index is 12.5. The lowest BCUT2D eigenvalue weighted by atomic mass is 10.2. The number of amides is 1. The number of rotatable bonds is 6. The molecule has 0 spiro atoms. The average molecular weight is 444 g/mol. The van der Waals surface area contributed by atoms with E-state index in [-0.39, 0.29) is 11.7 Å². The van der Waals surface area contributed by atoms with Gasteiger partial charge in [-0.05, 0) is 37.6 Å². The molecular weight excluding hydrogens is 425 g/mol. The van der Waals surface area contributed by atoms with Crippen LogP contribution in [0.25, 0.3) is 0 Å². The number of benzene rings is 1. The average Bonchev–Trinajstić information content (AvgIpc) is 3.42. The Hall–Kier alpha value is -3.03. The Labute approximate surface area is 183 Å². The van der Waals surface area contributed by atoms with Crippen molar-refractivity contribution >= 4 is 34.8 Å². The number of carbonyl (C=O) groups is 1. The number of nitrogens with zero attached hydrogens (tertiary/aromatic N) is 4. The van der Waals surface area contributed by atoms with Gasteiger partial charge in [0.05, 0.1) is 41.4 Å². The van der Waals surface area contributed by atoms with Crippen molar-refractivity contribution in [2.45, 2.75) is 26.9 Å². The molecule has 7 nitrogen and oxygen atoms in total. The van der Waals surface area contributed by atoms with Crippen LogP contribution in [0.4, 0.5) is 5.69 Å². The third-order valence-corrected chi connectivity index (χ3v) is 5.58. The number of aromatic nitrogens is 4. The Bertz CT molecular complexity index is 1210. The minimum atomic E-state index is -0.357. The van der Waals surface area contributed by atoms with Gasteiger partial charge in [0.1, 0.15) is 5.76 Å². The molecule has 0 saturated heterocycles. The van der Waals surface area contributed by atoms with Crippen molar-refractivity contribution in [2.24, 2.45) is 0 Å². The molecule has 4 aromatic rings. The maximum Gasteiger partial charge on any atom is 0.291 e. The van der Waals surface area contributed by atoms with Gasteiger partial charge in [-0.25, -0.2) is 0 Å². The van der Waals surface area contributed by atoms with Crippen molar-refractivity contribution in [2.75, 3.05) is 5.32 Å². The lowest BCUT2D eigenvalue weighted by Crippen LogP contribution is -2.10. The van der Waals surface area contributed by atoms with E-state index in [1.54, 1.807) is 33.9 Å². The normalized spacial score (nSPS) is 11.1. The quantitative estimate of drug-likeness (QED) is 0.457. The van der Waals surface area contributed by atoms with Gasteiger partial charge in [0, 0.05) is 11.2 Å². The van der Waals surface area contributed by atoms with E-state index < -0.39 is 0 Å². The van der Waals surface area contributed by atoms with Gasteiger partial charge in [0.25, 0.3) is 5.91 Å². The van der Waals surface area contributed by atoms with E-state index in [2.05, 4.69) is 15.5 Å². The van der Waals surface area contributed by atoms with E-state index in [1.807, 2.05) is 38.1 Å². The summed E-state index contributed by atoms with van der Waals surface area (Å²) in [5.41, 5.74) is 3.12. The number of nitrogens with one attached hydrogen (secondary N) is 1. The van der Waals surface area contributed by atoms with Crippen LogP contribution < -0.4 is 5.32 Å². The smallest absolute Gasteiger partial charge is 0.291 e. The summed E-state index contributed by atoms with van der Waals surface area (Å²) in [4.78, 5) is 12.5. The fourth-order valence-electron chi connectivity index (χ4n) is 3.07. The highest BCUT2D eigenvalue weighted by atomic mass is 35.5. The molecule has 1 amide bonds. The van der Waals surface area contributed by atoms with Gasteiger partial charge in [0.2, 0.25) is 0 Å². The molecule has 0 fully saturated rings. The standard InChI is InChI=1S/C21H19Cl2N5O2/c1-13-20(23)14(2)28(26-13)12-17-7-8-19(30-17)21(29)25-16-9-24-27(11-16)10-15-5-3-4-6-18(15)22/h3-9,11H,10,12H2,1-2H3,(H,25,29). The first-order chi connectivity index (χ1) is 14.4. The first kappa shape index (κ1) is 20.3. The molecule has 0 bridgehead atoms. The molecule has 0 unspecified atom stereocenters. The molecule has 0 atom stereocenters. The summed E-state index contributed by atoms with van der Waals surface area (Å²) in [7, 11) is 0. The van der Waals surface area contributed by atoms with Crippen LogP contribution in [0, 0.1) is 13.8 Å². The molecule has 30 heavy (non-hydrogen) atoms. The zero-order chi connectivity index (χ0) is 21.3. The van der Waals surface area contributed by atoms with Crippen LogP contribution in [0.3, 0.4) is 0 Å². The number of hydrogen-bond donors (Lipinski definition) is 1. The van der Waals surface area contributed by atoms with Crippen LogP contribution in [0.2, 0.25) is 10.0 Å². The number of carbonyl (C=O) groups excluding carboxylic acids is 1. The maximum atomic E-state index is 12.5. The molecule has 154 valence electrons. The van der Waals surface area contributed by atoms with Crippen LogP contribution in [0.15, 0.2) is 53.2 Å². The molecule has 9 heteroatoms. The first-order valence-electron chi connectivity index (χ1n) is 9.26. The number of aryl methyl sites for hydroxylation is 1. The third kappa shape index (κ3) is 4.27. The van der Waals surface area contributed by atoms with Crippen LogP contribution >= 0.6 is 23.2 Å². The molecule has 0 aliphatic heterocycles. The minimum absolute atomic E-state index is 0.205. The van der Waals surface area contributed by atoms with E-state index in [1.165, 1.54) is 0 Å². The van der Waals surface area contributed by atoms with E-state index in [9.17, 15) is 4.79 Å². The Kier molecular flexibility index (Phi) is 5.65. The fraction of sp³-hybridized carbons (Fsp3) is 0.190. The lowest BCUT2D eigenvalue weighted by Gasteiger charge is -2.04. The van der Waals surface area contributed by atoms with Crippen molar-refractivity contribution < 1.29 is 9.21 Å². The van der Waals surface area contributed by atoms with Crippen LogP contribution in [0.1, 0.15) is 33.3 Å². The molecule has 3 aromatic heterocycles. The number of furan rings is 1. The van der Waals surface area contributed by atoms with Gasteiger partial charge in [-0.1, -0.05) is 41.4 Å². The van der Waals surface area contributed by atoms with Gasteiger partial charge in [-0.15, -0.1) is 0 Å². The number of anilines is 1. The number of halogens is 2. The second kappa shape index (κ2) is 8.38. The topological polar surface area (TPSA) is 77.9 Å². The van der Waals surface area contributed by atoms with E-state index >= 15 is 0 Å². The van der Waals surface area contributed by atoms with Gasteiger partial charge >= 0.3 is 0 Å². The van der Waals surface area contributed by atoms with Crippen LogP contribution in [-0.2, 0) is 13.1 Å². The summed E-state index contributed by atoms with van der Waals surface area (Å²) in [6, 6.07) is 10.9. The van der Waals surface area contributed by atoms with Crippen molar-refractivity contribution in [3.8, 4) is 0 Å². The second-order valence-electron chi connectivity index (χ2n) is 6.88. The summed E-state index contributed by atoms with van der Waals surface area (Å²) in [6.07, 6.45) is 3.32. The molecular formula is C21H19Cl2N5O2. The van der Waals surface area contributed by atoms with Crippen molar-refractivity contribution in [1.82, 2.24) is 19.6 Å². The largest absolute Gasteiger partial charge is 0.454 e. The zero-order valence-corrected chi connectivity index (χ0v) is 17.9. The Balaban J connectivity index is 1.41. The van der Waals surface area contributed by atoms with Gasteiger partial charge in [-0.2, -0.15) is 10.2 Å². The van der Waals surface area contributed by atoms with E-state index in [0.29, 0.717) is 34.6 Å². The highest BCUT2D eigenvalue weighted by molar-refractivity contribution is 6.32. The van der Waals surface area contributed by atoms with Crippen molar-refractivity contribution in [1.29, 1.82) is 0 Å². The lowest BCUT2D eigenvalue weighted by molar-refractivity contribution is 0.0994. The Morgan fingerprint density at radius 3 is 2.67 bits per heavy atom. The van der Waals surface area contributed by atoms with E-state index in [4.69, 9.17) is 27.6 Å². The highest BCUT2D eigenvalue weighted by Crippen LogP contribution is 2.21. The summed E-state index contributed by atoms with van der Waals surface area (Å²) < 4.78 is 9.14. The summed E-state index contributed by atoms with van der Waals surface area (Å²) in [6.45, 7) is 4.63. The van der Waals surface area contributed by atoms with Crippen LogP contribution in [0.5, 0.6) is 0 Å². The summed E-state index contributed by atoms with van der Waals surface area (Å²) in [5.74, 6) is 0.457. The van der Waals surface area contributed by atoms with Gasteiger partial charge in [0.15, 0.2) is 5.76 Å². The predicted octanol–water partition coefficient (Wildman–Crippen LogP) is 4.95. The van der Waals surface area contributed by atoms with E-state index in [0.717, 1.165) is 17.0 Å². The van der Waals surface area contributed by atoms with Crippen molar-refractivity contribution in [3.63, 3.8) is 0 Å². The third-order valence-electron chi connectivity index (χ3n) is 4.67. The Morgan fingerprint density at radius 2 is 1.93 bits per heavy atom. The SMILES string of the molecule is Cc1nn(Cc2ccc(C(=O)Nc3cnn(Cc4ccccc4Cl)c3)o2)c(C)c1Cl. The zero-order valence-electron chi connectivity index (χ0n) is 16.4. The number of hydrogen-bond acceptors (Lipinski definition) is 4. The van der Waals surface area contributed by atoms with Crippen LogP contribution in [-0.4, -0.2) is 25.5 Å².